The Morgan fingerprint density at radius 2 is 1.43 bits per heavy atom. The zero-order chi connectivity index (χ0) is 16.5. The summed E-state index contributed by atoms with van der Waals surface area (Å²) < 4.78 is 5.48. The van der Waals surface area contributed by atoms with E-state index in [0.29, 0.717) is 11.4 Å². The number of carbonyl (C=O) groups excluding carboxylic acids is 2. The van der Waals surface area contributed by atoms with Gasteiger partial charge in [-0.15, -0.1) is 0 Å². The number of benzene rings is 2. The standard InChI is InChI=1S/C17H19N3O3/c18-12-17(22)20-15-9-5-4-8-14(15)19-16(21)10-11-23-13-6-2-1-3-7-13/h1-9H,10-12,18H2,(H,19,21)(H,20,22). The highest BCUT2D eigenvalue weighted by molar-refractivity contribution is 6.00. The number of carbonyl (C=O) groups is 2. The molecule has 4 N–H and O–H groups in total. The second-order valence-corrected chi connectivity index (χ2v) is 4.76. The van der Waals surface area contributed by atoms with Crippen LogP contribution in [0.2, 0.25) is 0 Å². The van der Waals surface area contributed by atoms with E-state index in [-0.39, 0.29) is 31.4 Å². The molecule has 6 nitrogen and oxygen atoms in total. The molecule has 0 aliphatic carbocycles. The van der Waals surface area contributed by atoms with Crippen LogP contribution in [0.5, 0.6) is 5.75 Å². The number of ether oxygens (including phenoxy) is 1. The lowest BCUT2D eigenvalue weighted by Crippen LogP contribution is -2.23. The Morgan fingerprint density at radius 3 is 2.04 bits per heavy atom. The van der Waals surface area contributed by atoms with E-state index in [1.807, 2.05) is 30.3 Å². The van der Waals surface area contributed by atoms with E-state index in [2.05, 4.69) is 10.6 Å². The molecule has 0 aromatic heterocycles. The molecule has 0 spiro atoms. The molecule has 120 valence electrons. The minimum atomic E-state index is -0.320. The van der Waals surface area contributed by atoms with E-state index in [1.54, 1.807) is 24.3 Å². The van der Waals surface area contributed by atoms with Gasteiger partial charge >= 0.3 is 0 Å². The van der Waals surface area contributed by atoms with Crippen LogP contribution in [0.1, 0.15) is 6.42 Å². The molecule has 0 atom stereocenters. The lowest BCUT2D eigenvalue weighted by Gasteiger charge is -2.12. The van der Waals surface area contributed by atoms with Gasteiger partial charge in [0.1, 0.15) is 5.75 Å². The number of nitrogens with one attached hydrogen (secondary N) is 2. The molecule has 6 heteroatoms. The predicted molar refractivity (Wildman–Crippen MR) is 89.3 cm³/mol. The van der Waals surface area contributed by atoms with Crippen LogP contribution < -0.4 is 21.1 Å². The fraction of sp³-hybridized carbons (Fsp3) is 0.176. The van der Waals surface area contributed by atoms with E-state index >= 15 is 0 Å². The van der Waals surface area contributed by atoms with Crippen molar-refractivity contribution in [3.8, 4) is 5.75 Å². The lowest BCUT2D eigenvalue weighted by atomic mass is 10.2. The third-order valence-corrected chi connectivity index (χ3v) is 3.00. The molecule has 0 unspecified atom stereocenters. The summed E-state index contributed by atoms with van der Waals surface area (Å²) in [5, 5.41) is 5.39. The first-order valence-electron chi connectivity index (χ1n) is 7.25. The van der Waals surface area contributed by atoms with Crippen molar-refractivity contribution >= 4 is 23.2 Å². The van der Waals surface area contributed by atoms with Gasteiger partial charge in [0, 0.05) is 0 Å². The van der Waals surface area contributed by atoms with Crippen molar-refractivity contribution in [2.75, 3.05) is 23.8 Å². The topological polar surface area (TPSA) is 93.5 Å². The first-order chi connectivity index (χ1) is 11.2. The maximum absolute atomic E-state index is 12.0. The molecule has 2 amide bonds. The van der Waals surface area contributed by atoms with Gasteiger partial charge in [0.15, 0.2) is 0 Å². The van der Waals surface area contributed by atoms with Crippen LogP contribution in [0.15, 0.2) is 54.6 Å². The quantitative estimate of drug-likeness (QED) is 0.728. The maximum atomic E-state index is 12.0. The summed E-state index contributed by atoms with van der Waals surface area (Å²) in [6.07, 6.45) is 0.202. The Bertz CT molecular complexity index is 659. The van der Waals surface area contributed by atoms with Crippen molar-refractivity contribution in [3.05, 3.63) is 54.6 Å². The molecule has 0 fully saturated rings. The number of para-hydroxylation sites is 3. The smallest absolute Gasteiger partial charge is 0.238 e. The summed E-state index contributed by atoms with van der Waals surface area (Å²) in [7, 11) is 0. The normalized spacial score (nSPS) is 9.96. The molecule has 2 aromatic carbocycles. The molecule has 0 radical (unpaired) electrons. The van der Waals surface area contributed by atoms with Crippen molar-refractivity contribution in [1.82, 2.24) is 0 Å². The highest BCUT2D eigenvalue weighted by Crippen LogP contribution is 2.21. The highest BCUT2D eigenvalue weighted by atomic mass is 16.5. The molecule has 0 heterocycles. The van der Waals surface area contributed by atoms with Crippen molar-refractivity contribution in [2.24, 2.45) is 5.73 Å². The Labute approximate surface area is 134 Å². The monoisotopic (exact) mass is 313 g/mol. The average Bonchev–Trinajstić information content (AvgIpc) is 2.57. The minimum Gasteiger partial charge on any atom is -0.493 e. The van der Waals surface area contributed by atoms with Gasteiger partial charge in [-0.05, 0) is 24.3 Å². The number of nitrogens with two attached hydrogens (primary N) is 1. The number of anilines is 2. The van der Waals surface area contributed by atoms with Gasteiger partial charge < -0.3 is 21.1 Å². The van der Waals surface area contributed by atoms with Crippen LogP contribution in [-0.4, -0.2) is 25.0 Å². The van der Waals surface area contributed by atoms with Crippen LogP contribution >= 0.6 is 0 Å². The van der Waals surface area contributed by atoms with E-state index in [9.17, 15) is 9.59 Å². The summed E-state index contributed by atoms with van der Waals surface area (Å²) in [5.74, 6) is 0.199. The Hall–Kier alpha value is -2.86. The molecular weight excluding hydrogens is 294 g/mol. The van der Waals surface area contributed by atoms with Crippen molar-refractivity contribution < 1.29 is 14.3 Å². The largest absolute Gasteiger partial charge is 0.493 e. The number of hydrogen-bond acceptors (Lipinski definition) is 4. The van der Waals surface area contributed by atoms with Crippen molar-refractivity contribution in [1.29, 1.82) is 0 Å². The second-order valence-electron chi connectivity index (χ2n) is 4.76. The van der Waals surface area contributed by atoms with Gasteiger partial charge in [0.05, 0.1) is 30.9 Å². The SMILES string of the molecule is NCC(=O)Nc1ccccc1NC(=O)CCOc1ccccc1. The van der Waals surface area contributed by atoms with Gasteiger partial charge in [0.2, 0.25) is 11.8 Å². The Balaban J connectivity index is 1.86. The second kappa shape index (κ2) is 8.55. The van der Waals surface area contributed by atoms with E-state index in [4.69, 9.17) is 10.5 Å². The summed E-state index contributed by atoms with van der Waals surface area (Å²) in [5.41, 5.74) is 6.32. The van der Waals surface area contributed by atoms with Gasteiger partial charge in [-0.2, -0.15) is 0 Å². The van der Waals surface area contributed by atoms with Crippen molar-refractivity contribution in [3.63, 3.8) is 0 Å². The lowest BCUT2D eigenvalue weighted by molar-refractivity contribution is -0.117. The van der Waals surface area contributed by atoms with Gasteiger partial charge in [-0.3, -0.25) is 9.59 Å². The summed E-state index contributed by atoms with van der Waals surface area (Å²) in [6, 6.07) is 16.2. The summed E-state index contributed by atoms with van der Waals surface area (Å²) in [4.78, 5) is 23.4. The molecule has 2 rings (SSSR count). The molecule has 23 heavy (non-hydrogen) atoms. The first kappa shape index (κ1) is 16.5. The predicted octanol–water partition coefficient (Wildman–Crippen LogP) is 1.99. The van der Waals surface area contributed by atoms with E-state index in [1.165, 1.54) is 0 Å². The summed E-state index contributed by atoms with van der Waals surface area (Å²) >= 11 is 0. The van der Waals surface area contributed by atoms with E-state index in [0.717, 1.165) is 5.75 Å². The zero-order valence-electron chi connectivity index (χ0n) is 12.6. The van der Waals surface area contributed by atoms with Crippen LogP contribution in [0.25, 0.3) is 0 Å². The zero-order valence-corrected chi connectivity index (χ0v) is 12.6. The molecular formula is C17H19N3O3. The average molecular weight is 313 g/mol. The van der Waals surface area contributed by atoms with Gasteiger partial charge in [-0.1, -0.05) is 30.3 Å². The third-order valence-electron chi connectivity index (χ3n) is 3.00. The van der Waals surface area contributed by atoms with Crippen LogP contribution in [0, 0.1) is 0 Å². The molecule has 0 aliphatic rings. The Morgan fingerprint density at radius 1 is 0.870 bits per heavy atom. The Kier molecular flexibility index (Phi) is 6.14. The molecule has 2 aromatic rings. The minimum absolute atomic E-state index is 0.118. The number of amides is 2. The molecule has 0 bridgehead atoms. The first-order valence-corrected chi connectivity index (χ1v) is 7.25. The molecule has 0 aliphatic heterocycles. The molecule has 0 saturated carbocycles. The molecule has 0 saturated heterocycles. The fourth-order valence-electron chi connectivity index (χ4n) is 1.89. The van der Waals surface area contributed by atoms with Crippen LogP contribution in [0.3, 0.4) is 0 Å². The highest BCUT2D eigenvalue weighted by Gasteiger charge is 2.08. The third kappa shape index (κ3) is 5.44. The van der Waals surface area contributed by atoms with Crippen LogP contribution in [0.4, 0.5) is 11.4 Å². The van der Waals surface area contributed by atoms with Gasteiger partial charge in [0.25, 0.3) is 0 Å². The maximum Gasteiger partial charge on any atom is 0.238 e. The summed E-state index contributed by atoms with van der Waals surface area (Å²) in [6.45, 7) is 0.153. The van der Waals surface area contributed by atoms with Crippen molar-refractivity contribution in [2.45, 2.75) is 6.42 Å². The van der Waals surface area contributed by atoms with Gasteiger partial charge in [-0.25, -0.2) is 0 Å². The number of rotatable bonds is 7. The number of hydrogen-bond donors (Lipinski definition) is 3. The van der Waals surface area contributed by atoms with E-state index < -0.39 is 0 Å². The van der Waals surface area contributed by atoms with Crippen LogP contribution in [-0.2, 0) is 9.59 Å². The fourth-order valence-corrected chi connectivity index (χ4v) is 1.89.